The van der Waals surface area contributed by atoms with Crippen LogP contribution >= 0.6 is 0 Å². The fourth-order valence-electron chi connectivity index (χ4n) is 2.40. The van der Waals surface area contributed by atoms with Gasteiger partial charge in [-0.3, -0.25) is 4.98 Å². The summed E-state index contributed by atoms with van der Waals surface area (Å²) < 4.78 is 0. The molecule has 108 valence electrons. The minimum atomic E-state index is 0.210. The van der Waals surface area contributed by atoms with E-state index in [9.17, 15) is 0 Å². The molecule has 1 aromatic heterocycles. The first-order chi connectivity index (χ1) is 9.34. The van der Waals surface area contributed by atoms with Crippen LogP contribution in [0.3, 0.4) is 0 Å². The number of nitrogens with zero attached hydrogens (tertiary/aromatic N) is 2. The van der Waals surface area contributed by atoms with Gasteiger partial charge in [0.15, 0.2) is 0 Å². The van der Waals surface area contributed by atoms with E-state index in [-0.39, 0.29) is 5.41 Å². The zero-order chi connectivity index (χ0) is 14.9. The summed E-state index contributed by atoms with van der Waals surface area (Å²) in [4.78, 5) is 6.94. The molecule has 3 nitrogen and oxygen atoms in total. The van der Waals surface area contributed by atoms with Crippen molar-refractivity contribution >= 4 is 16.6 Å². The van der Waals surface area contributed by atoms with E-state index < -0.39 is 0 Å². The highest BCUT2D eigenvalue weighted by Gasteiger charge is 2.25. The second-order valence-electron chi connectivity index (χ2n) is 6.51. The molecule has 0 saturated heterocycles. The predicted molar refractivity (Wildman–Crippen MR) is 87.0 cm³/mol. The molecule has 1 atom stereocenters. The standard InChI is InChI=1S/C17H25N3/c1-12(17(2,3)4)20(5)16-10-13(11-18)19-15-9-7-6-8-14(15)16/h6-10,12H,11,18H2,1-5H3. The molecule has 0 saturated carbocycles. The summed E-state index contributed by atoms with van der Waals surface area (Å²) in [6.07, 6.45) is 0. The largest absolute Gasteiger partial charge is 0.371 e. The highest BCUT2D eigenvalue weighted by molar-refractivity contribution is 5.92. The smallest absolute Gasteiger partial charge is 0.0726 e. The molecular weight excluding hydrogens is 246 g/mol. The maximum atomic E-state index is 5.79. The lowest BCUT2D eigenvalue weighted by Gasteiger charge is -2.37. The van der Waals surface area contributed by atoms with Gasteiger partial charge in [-0.1, -0.05) is 39.0 Å². The third-order valence-corrected chi connectivity index (χ3v) is 4.17. The number of fused-ring (bicyclic) bond motifs is 1. The number of rotatable bonds is 3. The number of anilines is 1. The molecule has 0 fully saturated rings. The highest BCUT2D eigenvalue weighted by Crippen LogP contribution is 2.32. The Labute approximate surface area is 121 Å². The molecule has 0 aliphatic heterocycles. The van der Waals surface area contributed by atoms with Crippen molar-refractivity contribution in [1.82, 2.24) is 4.98 Å². The molecule has 0 spiro atoms. The van der Waals surface area contributed by atoms with Crippen LogP contribution in [0.4, 0.5) is 5.69 Å². The van der Waals surface area contributed by atoms with Crippen LogP contribution in [-0.2, 0) is 6.54 Å². The fourth-order valence-corrected chi connectivity index (χ4v) is 2.40. The first-order valence-corrected chi connectivity index (χ1v) is 7.16. The Kier molecular flexibility index (Phi) is 4.00. The Balaban J connectivity index is 2.57. The number of aromatic nitrogens is 1. The van der Waals surface area contributed by atoms with Gasteiger partial charge in [-0.15, -0.1) is 0 Å². The fraction of sp³-hybridized carbons (Fsp3) is 0.471. The highest BCUT2D eigenvalue weighted by atomic mass is 15.1. The van der Waals surface area contributed by atoms with Crippen molar-refractivity contribution in [2.45, 2.75) is 40.3 Å². The Bertz CT molecular complexity index is 599. The first kappa shape index (κ1) is 14.8. The zero-order valence-corrected chi connectivity index (χ0v) is 13.1. The van der Waals surface area contributed by atoms with Crippen LogP contribution in [0.5, 0.6) is 0 Å². The van der Waals surface area contributed by atoms with E-state index in [0.29, 0.717) is 12.6 Å². The quantitative estimate of drug-likeness (QED) is 0.928. The van der Waals surface area contributed by atoms with Gasteiger partial charge in [0, 0.05) is 30.7 Å². The number of nitrogens with two attached hydrogens (primary N) is 1. The summed E-state index contributed by atoms with van der Waals surface area (Å²) >= 11 is 0. The van der Waals surface area contributed by atoms with Gasteiger partial charge >= 0.3 is 0 Å². The van der Waals surface area contributed by atoms with E-state index in [1.165, 1.54) is 11.1 Å². The topological polar surface area (TPSA) is 42.1 Å². The summed E-state index contributed by atoms with van der Waals surface area (Å²) in [7, 11) is 2.15. The summed E-state index contributed by atoms with van der Waals surface area (Å²) in [5, 5.41) is 1.18. The van der Waals surface area contributed by atoms with Gasteiger partial charge in [-0.2, -0.15) is 0 Å². The lowest BCUT2D eigenvalue weighted by Crippen LogP contribution is -2.39. The molecule has 2 aromatic rings. The van der Waals surface area contributed by atoms with Crippen LogP contribution in [0, 0.1) is 5.41 Å². The minimum Gasteiger partial charge on any atom is -0.371 e. The lowest BCUT2D eigenvalue weighted by atomic mass is 9.86. The van der Waals surface area contributed by atoms with Gasteiger partial charge < -0.3 is 10.6 Å². The Morgan fingerprint density at radius 2 is 1.90 bits per heavy atom. The van der Waals surface area contributed by atoms with Gasteiger partial charge in [0.25, 0.3) is 0 Å². The van der Waals surface area contributed by atoms with E-state index in [0.717, 1.165) is 11.2 Å². The van der Waals surface area contributed by atoms with Gasteiger partial charge in [0.2, 0.25) is 0 Å². The van der Waals surface area contributed by atoms with Gasteiger partial charge in [0.1, 0.15) is 0 Å². The number of benzene rings is 1. The number of para-hydroxylation sites is 1. The molecule has 20 heavy (non-hydrogen) atoms. The van der Waals surface area contributed by atoms with Crippen LogP contribution in [-0.4, -0.2) is 18.1 Å². The van der Waals surface area contributed by atoms with Gasteiger partial charge in [-0.05, 0) is 24.5 Å². The van der Waals surface area contributed by atoms with Gasteiger partial charge in [-0.25, -0.2) is 0 Å². The number of pyridine rings is 1. The van der Waals surface area contributed by atoms with Crippen LogP contribution < -0.4 is 10.6 Å². The van der Waals surface area contributed by atoms with Crippen LogP contribution in [0.2, 0.25) is 0 Å². The number of hydrogen-bond acceptors (Lipinski definition) is 3. The predicted octanol–water partition coefficient (Wildman–Crippen LogP) is 3.56. The minimum absolute atomic E-state index is 0.210. The number of hydrogen-bond donors (Lipinski definition) is 1. The van der Waals surface area contributed by atoms with E-state index in [4.69, 9.17) is 5.73 Å². The Morgan fingerprint density at radius 1 is 1.25 bits per heavy atom. The monoisotopic (exact) mass is 271 g/mol. The molecule has 0 amide bonds. The summed E-state index contributed by atoms with van der Waals surface area (Å²) in [5.74, 6) is 0. The van der Waals surface area contributed by atoms with Crippen molar-refractivity contribution in [2.24, 2.45) is 11.1 Å². The average molecular weight is 271 g/mol. The van der Waals surface area contributed by atoms with Crippen LogP contribution in [0.25, 0.3) is 10.9 Å². The molecule has 3 heteroatoms. The normalized spacial score (nSPS) is 13.5. The van der Waals surface area contributed by atoms with Crippen LogP contribution in [0.15, 0.2) is 30.3 Å². The van der Waals surface area contributed by atoms with Crippen LogP contribution in [0.1, 0.15) is 33.4 Å². The average Bonchev–Trinajstić information content (AvgIpc) is 2.43. The first-order valence-electron chi connectivity index (χ1n) is 7.16. The summed E-state index contributed by atoms with van der Waals surface area (Å²) in [5.41, 5.74) is 9.16. The third kappa shape index (κ3) is 2.78. The molecule has 0 bridgehead atoms. The van der Waals surface area contributed by atoms with Crippen molar-refractivity contribution < 1.29 is 0 Å². The van der Waals surface area contributed by atoms with E-state index >= 15 is 0 Å². The lowest BCUT2D eigenvalue weighted by molar-refractivity contribution is 0.330. The molecule has 1 heterocycles. The molecular formula is C17H25N3. The van der Waals surface area contributed by atoms with E-state index in [2.05, 4.69) is 62.8 Å². The van der Waals surface area contributed by atoms with Crippen molar-refractivity contribution in [3.63, 3.8) is 0 Å². The maximum absolute atomic E-state index is 5.79. The zero-order valence-electron chi connectivity index (χ0n) is 13.1. The Hall–Kier alpha value is -1.61. The molecule has 0 radical (unpaired) electrons. The van der Waals surface area contributed by atoms with Crippen molar-refractivity contribution in [3.05, 3.63) is 36.0 Å². The maximum Gasteiger partial charge on any atom is 0.0726 e. The second kappa shape index (κ2) is 5.41. The third-order valence-electron chi connectivity index (χ3n) is 4.17. The van der Waals surface area contributed by atoms with E-state index in [1.54, 1.807) is 0 Å². The SMILES string of the molecule is CC(N(C)c1cc(CN)nc2ccccc12)C(C)(C)C. The molecule has 1 aromatic carbocycles. The van der Waals surface area contributed by atoms with Crippen molar-refractivity contribution in [1.29, 1.82) is 0 Å². The van der Waals surface area contributed by atoms with Crippen molar-refractivity contribution in [2.75, 3.05) is 11.9 Å². The van der Waals surface area contributed by atoms with E-state index in [1.807, 2.05) is 12.1 Å². The summed E-state index contributed by atoms with van der Waals surface area (Å²) in [6.45, 7) is 9.52. The molecule has 2 N–H and O–H groups in total. The van der Waals surface area contributed by atoms with Gasteiger partial charge in [0.05, 0.1) is 11.2 Å². The summed E-state index contributed by atoms with van der Waals surface area (Å²) in [6, 6.07) is 10.8. The Morgan fingerprint density at radius 3 is 2.50 bits per heavy atom. The van der Waals surface area contributed by atoms with Crippen molar-refractivity contribution in [3.8, 4) is 0 Å². The molecule has 0 aliphatic rings. The second-order valence-corrected chi connectivity index (χ2v) is 6.51. The molecule has 1 unspecified atom stereocenters. The molecule has 0 aliphatic carbocycles. The molecule has 2 rings (SSSR count).